The lowest BCUT2D eigenvalue weighted by Gasteiger charge is -2.31. The first-order chi connectivity index (χ1) is 18.1. The molecule has 2 amide bonds. The molecule has 3 aromatic heterocycles. The highest BCUT2D eigenvalue weighted by Gasteiger charge is 2.35. The van der Waals surface area contributed by atoms with E-state index in [1.165, 1.54) is 11.2 Å². The van der Waals surface area contributed by atoms with Crippen molar-refractivity contribution in [3.8, 4) is 5.69 Å². The van der Waals surface area contributed by atoms with Crippen LogP contribution in [-0.2, 0) is 4.79 Å². The second-order valence-corrected chi connectivity index (χ2v) is 8.59. The van der Waals surface area contributed by atoms with E-state index in [0.717, 1.165) is 11.3 Å². The molecule has 5 rings (SSSR count). The first kappa shape index (κ1) is 23.8. The van der Waals surface area contributed by atoms with Gasteiger partial charge in [0.25, 0.3) is 5.91 Å². The van der Waals surface area contributed by atoms with Crippen molar-refractivity contribution >= 4 is 17.5 Å². The highest BCUT2D eigenvalue weighted by Crippen LogP contribution is 2.31. The molecule has 1 N–H and O–H groups in total. The molecule has 0 saturated heterocycles. The SMILES string of the molecule is C[C@H](NC(=O)[C@@H](c1cccnc1)N(C(=O)c1ccco1)c1ccc(-n2cccc2)cc1)c1ccccc1. The number of nitrogens with zero attached hydrogens (tertiary/aromatic N) is 3. The summed E-state index contributed by atoms with van der Waals surface area (Å²) < 4.78 is 7.42. The fourth-order valence-electron chi connectivity index (χ4n) is 4.27. The molecule has 7 heteroatoms. The average molecular weight is 491 g/mol. The Morgan fingerprint density at radius 1 is 0.865 bits per heavy atom. The molecule has 2 aromatic carbocycles. The number of anilines is 1. The van der Waals surface area contributed by atoms with Crippen LogP contribution in [0, 0.1) is 0 Å². The third-order valence-corrected chi connectivity index (χ3v) is 6.15. The summed E-state index contributed by atoms with van der Waals surface area (Å²) in [4.78, 5) is 33.4. The summed E-state index contributed by atoms with van der Waals surface area (Å²) in [6, 6.07) is 26.6. The van der Waals surface area contributed by atoms with Gasteiger partial charge in [-0.05, 0) is 67.1 Å². The van der Waals surface area contributed by atoms with E-state index < -0.39 is 11.9 Å². The van der Waals surface area contributed by atoms with Gasteiger partial charge in [0.15, 0.2) is 5.76 Å². The lowest BCUT2D eigenvalue weighted by Crippen LogP contribution is -2.44. The van der Waals surface area contributed by atoms with Crippen LogP contribution in [0.15, 0.2) is 126 Å². The largest absolute Gasteiger partial charge is 0.459 e. The van der Waals surface area contributed by atoms with Crippen LogP contribution in [0.5, 0.6) is 0 Å². The smallest absolute Gasteiger partial charge is 0.294 e. The van der Waals surface area contributed by atoms with Crippen molar-refractivity contribution in [3.63, 3.8) is 0 Å². The molecule has 0 aliphatic heterocycles. The van der Waals surface area contributed by atoms with E-state index in [4.69, 9.17) is 4.42 Å². The van der Waals surface area contributed by atoms with Crippen molar-refractivity contribution in [2.45, 2.75) is 19.0 Å². The van der Waals surface area contributed by atoms with E-state index in [1.807, 2.05) is 90.6 Å². The van der Waals surface area contributed by atoms with Crippen molar-refractivity contribution in [3.05, 3.63) is 139 Å². The Bertz CT molecular complexity index is 1430. The van der Waals surface area contributed by atoms with Crippen molar-refractivity contribution in [1.82, 2.24) is 14.9 Å². The monoisotopic (exact) mass is 490 g/mol. The maximum Gasteiger partial charge on any atom is 0.294 e. The van der Waals surface area contributed by atoms with Crippen molar-refractivity contribution in [1.29, 1.82) is 0 Å². The Kier molecular flexibility index (Phi) is 6.94. The van der Waals surface area contributed by atoms with Crippen LogP contribution < -0.4 is 10.2 Å². The van der Waals surface area contributed by atoms with Gasteiger partial charge < -0.3 is 14.3 Å². The molecule has 7 nitrogen and oxygen atoms in total. The van der Waals surface area contributed by atoms with Gasteiger partial charge in [0.2, 0.25) is 5.91 Å². The van der Waals surface area contributed by atoms with Crippen LogP contribution in [-0.4, -0.2) is 21.4 Å². The molecule has 0 aliphatic rings. The van der Waals surface area contributed by atoms with Crippen LogP contribution in [0.3, 0.4) is 0 Å². The molecular formula is C30H26N4O3. The number of amides is 2. The Morgan fingerprint density at radius 3 is 2.24 bits per heavy atom. The van der Waals surface area contributed by atoms with Crippen molar-refractivity contribution in [2.24, 2.45) is 0 Å². The van der Waals surface area contributed by atoms with Crippen LogP contribution in [0.1, 0.15) is 40.7 Å². The summed E-state index contributed by atoms with van der Waals surface area (Å²) in [7, 11) is 0. The fraction of sp³-hybridized carbons (Fsp3) is 0.100. The van der Waals surface area contributed by atoms with Gasteiger partial charge in [0.05, 0.1) is 12.3 Å². The maximum absolute atomic E-state index is 13.9. The van der Waals surface area contributed by atoms with Gasteiger partial charge in [-0.15, -0.1) is 0 Å². The summed E-state index contributed by atoms with van der Waals surface area (Å²) in [6.07, 6.45) is 8.57. The summed E-state index contributed by atoms with van der Waals surface area (Å²) in [5.41, 5.74) is 3.02. The number of benzene rings is 2. The molecule has 0 spiro atoms. The zero-order valence-electron chi connectivity index (χ0n) is 20.3. The average Bonchev–Trinajstić information content (AvgIpc) is 3.68. The number of carbonyl (C=O) groups excluding carboxylic acids is 2. The topological polar surface area (TPSA) is 80.4 Å². The Balaban J connectivity index is 1.56. The predicted molar refractivity (Wildman–Crippen MR) is 141 cm³/mol. The molecule has 0 bridgehead atoms. The van der Waals surface area contributed by atoms with E-state index in [9.17, 15) is 9.59 Å². The van der Waals surface area contributed by atoms with Gasteiger partial charge in [0.1, 0.15) is 6.04 Å². The van der Waals surface area contributed by atoms with Gasteiger partial charge >= 0.3 is 0 Å². The van der Waals surface area contributed by atoms with E-state index in [-0.39, 0.29) is 17.7 Å². The number of nitrogens with one attached hydrogen (secondary N) is 1. The zero-order chi connectivity index (χ0) is 25.6. The molecular weight excluding hydrogens is 464 g/mol. The summed E-state index contributed by atoms with van der Waals surface area (Å²) in [5.74, 6) is -0.638. The number of hydrogen-bond acceptors (Lipinski definition) is 4. The Hall–Kier alpha value is -4.91. The zero-order valence-corrected chi connectivity index (χ0v) is 20.3. The van der Waals surface area contributed by atoms with Gasteiger partial charge in [-0.25, -0.2) is 0 Å². The molecule has 0 saturated carbocycles. The molecule has 0 fully saturated rings. The lowest BCUT2D eigenvalue weighted by atomic mass is 10.0. The highest BCUT2D eigenvalue weighted by atomic mass is 16.3. The maximum atomic E-state index is 13.9. The quantitative estimate of drug-likeness (QED) is 0.301. The molecule has 3 heterocycles. The Labute approximate surface area is 215 Å². The number of rotatable bonds is 8. The molecule has 5 aromatic rings. The molecule has 0 unspecified atom stereocenters. The third kappa shape index (κ3) is 5.21. The van der Waals surface area contributed by atoms with E-state index >= 15 is 0 Å². The van der Waals surface area contributed by atoms with Gasteiger partial charge in [-0.2, -0.15) is 0 Å². The highest BCUT2D eigenvalue weighted by molar-refractivity contribution is 6.08. The van der Waals surface area contributed by atoms with Gasteiger partial charge in [-0.1, -0.05) is 36.4 Å². The van der Waals surface area contributed by atoms with E-state index in [1.54, 1.807) is 36.7 Å². The van der Waals surface area contributed by atoms with Crippen molar-refractivity contribution < 1.29 is 14.0 Å². The number of aromatic nitrogens is 2. The number of hydrogen-bond donors (Lipinski definition) is 1. The van der Waals surface area contributed by atoms with Gasteiger partial charge in [0, 0.05) is 41.7 Å². The van der Waals surface area contributed by atoms with E-state index in [0.29, 0.717) is 11.3 Å². The number of furan rings is 1. The van der Waals surface area contributed by atoms with Gasteiger partial charge in [-0.3, -0.25) is 19.5 Å². The molecule has 0 aliphatic carbocycles. The first-order valence-electron chi connectivity index (χ1n) is 12.0. The van der Waals surface area contributed by atoms with Crippen LogP contribution in [0.25, 0.3) is 5.69 Å². The molecule has 2 atom stereocenters. The van der Waals surface area contributed by atoms with Crippen LogP contribution in [0.4, 0.5) is 5.69 Å². The minimum Gasteiger partial charge on any atom is -0.459 e. The first-order valence-corrected chi connectivity index (χ1v) is 12.0. The second-order valence-electron chi connectivity index (χ2n) is 8.59. The molecule has 37 heavy (non-hydrogen) atoms. The van der Waals surface area contributed by atoms with Crippen LogP contribution >= 0.6 is 0 Å². The molecule has 0 radical (unpaired) electrons. The number of pyridine rings is 1. The van der Waals surface area contributed by atoms with E-state index in [2.05, 4.69) is 10.3 Å². The predicted octanol–water partition coefficient (Wildman–Crippen LogP) is 5.73. The summed E-state index contributed by atoms with van der Waals surface area (Å²) in [5, 5.41) is 3.08. The minimum atomic E-state index is -0.991. The minimum absolute atomic E-state index is 0.132. The van der Waals surface area contributed by atoms with Crippen LogP contribution in [0.2, 0.25) is 0 Å². The summed E-state index contributed by atoms with van der Waals surface area (Å²) in [6.45, 7) is 1.91. The second kappa shape index (κ2) is 10.8. The summed E-state index contributed by atoms with van der Waals surface area (Å²) >= 11 is 0. The third-order valence-electron chi connectivity index (χ3n) is 6.15. The normalized spacial score (nSPS) is 12.5. The fourth-order valence-corrected chi connectivity index (χ4v) is 4.27. The van der Waals surface area contributed by atoms with Crippen molar-refractivity contribution in [2.75, 3.05) is 4.90 Å². The lowest BCUT2D eigenvalue weighted by molar-refractivity contribution is -0.123. The molecule has 184 valence electrons. The Morgan fingerprint density at radius 2 is 1.59 bits per heavy atom. The number of carbonyl (C=O) groups is 2. The standard InChI is InChI=1S/C30H26N4O3/c1-22(23-9-3-2-4-10-23)32-29(35)28(24-11-7-17-31-21-24)34(30(36)27-12-8-20-37-27)26-15-13-25(14-16-26)33-18-5-6-19-33/h2-22,28H,1H3,(H,32,35)/t22-,28+/m0/s1.